The number of hydrogen-bond acceptors (Lipinski definition) is 3. The molecule has 0 N–H and O–H groups in total. The molecule has 0 aromatic heterocycles. The van der Waals surface area contributed by atoms with Crippen molar-refractivity contribution in [3.63, 3.8) is 0 Å². The summed E-state index contributed by atoms with van der Waals surface area (Å²) < 4.78 is 31.6. The highest BCUT2D eigenvalue weighted by atomic mass is 32.2. The van der Waals surface area contributed by atoms with Gasteiger partial charge in [-0.25, -0.2) is 0 Å². The Morgan fingerprint density at radius 3 is 1.93 bits per heavy atom. The van der Waals surface area contributed by atoms with Crippen LogP contribution in [0.5, 0.6) is 0 Å². The van der Waals surface area contributed by atoms with Gasteiger partial charge in [0, 0.05) is 5.41 Å². The van der Waals surface area contributed by atoms with E-state index in [2.05, 4.69) is 48.5 Å². The zero-order valence-electron chi connectivity index (χ0n) is 16.9. The lowest BCUT2D eigenvalue weighted by atomic mass is 9.66. The molecule has 0 aliphatic heterocycles. The maximum Gasteiger partial charge on any atom is 0.296 e. The van der Waals surface area contributed by atoms with Crippen LogP contribution in [-0.4, -0.2) is 15.0 Å². The van der Waals surface area contributed by atoms with Crippen LogP contribution in [0.3, 0.4) is 0 Å². The Kier molecular flexibility index (Phi) is 3.84. The molecule has 0 heterocycles. The van der Waals surface area contributed by atoms with Crippen molar-refractivity contribution in [1.82, 2.24) is 0 Å². The van der Waals surface area contributed by atoms with E-state index in [9.17, 15) is 8.42 Å². The largest absolute Gasteiger partial charge is 0.296 e. The van der Waals surface area contributed by atoms with Crippen molar-refractivity contribution in [2.24, 2.45) is 11.3 Å². The quantitative estimate of drug-likeness (QED) is 0.563. The van der Waals surface area contributed by atoms with Gasteiger partial charge >= 0.3 is 0 Å². The molecule has 4 heteroatoms. The predicted octanol–water partition coefficient (Wildman–Crippen LogP) is 5.00. The van der Waals surface area contributed by atoms with E-state index in [4.69, 9.17) is 4.18 Å². The molecule has 2 unspecified atom stereocenters. The molecule has 3 aliphatic rings. The Bertz CT molecular complexity index is 1190. The summed E-state index contributed by atoms with van der Waals surface area (Å²) in [5.41, 5.74) is 6.46. The van der Waals surface area contributed by atoms with Crippen LogP contribution in [0.2, 0.25) is 0 Å². The summed E-state index contributed by atoms with van der Waals surface area (Å²) in [6.45, 7) is 2.19. The molecule has 30 heavy (non-hydrogen) atoms. The van der Waals surface area contributed by atoms with E-state index in [1.165, 1.54) is 22.3 Å². The molecule has 3 aliphatic carbocycles. The Morgan fingerprint density at radius 2 is 1.37 bits per heavy atom. The molecule has 6 rings (SSSR count). The summed E-state index contributed by atoms with van der Waals surface area (Å²) in [4.78, 5) is 0.237. The molecule has 3 aromatic rings. The molecule has 0 saturated heterocycles. The SMILES string of the molecule is Cc1ccc(S(=O)(=O)OCC23Cc4ccccc4C4C(c5ccccc5C2)C43)cc1. The zero-order valence-corrected chi connectivity index (χ0v) is 17.7. The van der Waals surface area contributed by atoms with Crippen LogP contribution in [0.25, 0.3) is 0 Å². The number of benzene rings is 3. The molecule has 2 atom stereocenters. The topological polar surface area (TPSA) is 43.4 Å². The van der Waals surface area contributed by atoms with Gasteiger partial charge in [0.1, 0.15) is 0 Å². The summed E-state index contributed by atoms with van der Waals surface area (Å²) in [5, 5.41) is 0. The van der Waals surface area contributed by atoms with Crippen molar-refractivity contribution in [2.75, 3.05) is 6.61 Å². The standard InChI is InChI=1S/C26H24O3S/c1-17-10-12-20(13-11-17)30(27,28)29-16-26-14-18-6-2-4-8-21(18)23-24(25(23)26)22-9-5-3-7-19(22)15-26/h2-13,23-25H,14-16H2,1H3. The van der Waals surface area contributed by atoms with Crippen LogP contribution in [-0.2, 0) is 27.1 Å². The van der Waals surface area contributed by atoms with Crippen LogP contribution in [0.4, 0.5) is 0 Å². The number of aryl methyl sites for hydroxylation is 1. The van der Waals surface area contributed by atoms with Crippen molar-refractivity contribution >= 4 is 10.1 Å². The molecule has 0 bridgehead atoms. The normalized spacial score (nSPS) is 28.2. The zero-order chi connectivity index (χ0) is 20.5. The van der Waals surface area contributed by atoms with Crippen LogP contribution >= 0.6 is 0 Å². The summed E-state index contributed by atoms with van der Waals surface area (Å²) in [5.74, 6) is 1.41. The van der Waals surface area contributed by atoms with Crippen LogP contribution in [0, 0.1) is 18.3 Å². The molecule has 1 saturated carbocycles. The van der Waals surface area contributed by atoms with Crippen molar-refractivity contribution in [3.05, 3.63) is 101 Å². The fourth-order valence-electron chi connectivity index (χ4n) is 6.11. The van der Waals surface area contributed by atoms with Gasteiger partial charge in [-0.2, -0.15) is 8.42 Å². The van der Waals surface area contributed by atoms with Crippen molar-refractivity contribution < 1.29 is 12.6 Å². The van der Waals surface area contributed by atoms with Crippen molar-refractivity contribution in [3.8, 4) is 0 Å². The summed E-state index contributed by atoms with van der Waals surface area (Å²) in [7, 11) is -3.78. The average Bonchev–Trinajstić information content (AvgIpc) is 3.51. The maximum atomic E-state index is 12.9. The van der Waals surface area contributed by atoms with E-state index in [1.54, 1.807) is 12.1 Å². The molecule has 3 nitrogen and oxygen atoms in total. The van der Waals surface area contributed by atoms with Gasteiger partial charge in [-0.05, 0) is 71.9 Å². The van der Waals surface area contributed by atoms with Gasteiger partial charge < -0.3 is 0 Å². The Labute approximate surface area is 177 Å². The number of fused-ring (bicyclic) bond motifs is 5. The minimum absolute atomic E-state index is 0.171. The number of rotatable bonds is 4. The monoisotopic (exact) mass is 416 g/mol. The molecule has 1 fully saturated rings. The third kappa shape index (κ3) is 2.63. The smallest absolute Gasteiger partial charge is 0.266 e. The lowest BCUT2D eigenvalue weighted by molar-refractivity contribution is 0.107. The third-order valence-corrected chi connectivity index (χ3v) is 8.73. The van der Waals surface area contributed by atoms with E-state index >= 15 is 0 Å². The summed E-state index contributed by atoms with van der Waals surface area (Å²) in [6, 6.07) is 24.3. The van der Waals surface area contributed by atoms with Gasteiger partial charge in [0.15, 0.2) is 0 Å². The minimum atomic E-state index is -3.78. The van der Waals surface area contributed by atoms with Crippen molar-refractivity contribution in [2.45, 2.75) is 36.5 Å². The fourth-order valence-corrected chi connectivity index (χ4v) is 7.11. The van der Waals surface area contributed by atoms with E-state index < -0.39 is 10.1 Å². The second-order valence-electron chi connectivity index (χ2n) is 9.22. The molecule has 0 amide bonds. The van der Waals surface area contributed by atoms with E-state index in [1.807, 2.05) is 19.1 Å². The molecule has 0 radical (unpaired) electrons. The van der Waals surface area contributed by atoms with Gasteiger partial charge in [-0.3, -0.25) is 4.18 Å². The molecule has 0 spiro atoms. The maximum absolute atomic E-state index is 12.9. The first-order valence-electron chi connectivity index (χ1n) is 10.6. The van der Waals surface area contributed by atoms with Gasteiger partial charge in [0.25, 0.3) is 10.1 Å². The highest BCUT2D eigenvalue weighted by Gasteiger charge is 2.67. The van der Waals surface area contributed by atoms with Gasteiger partial charge in [-0.1, -0.05) is 66.2 Å². The van der Waals surface area contributed by atoms with Gasteiger partial charge in [-0.15, -0.1) is 0 Å². The Hall–Kier alpha value is -2.43. The molecule has 3 aromatic carbocycles. The first-order valence-corrected chi connectivity index (χ1v) is 12.0. The highest BCUT2D eigenvalue weighted by molar-refractivity contribution is 7.86. The van der Waals surface area contributed by atoms with Crippen LogP contribution in [0.15, 0.2) is 77.7 Å². The average molecular weight is 417 g/mol. The summed E-state index contributed by atoms with van der Waals surface area (Å²) >= 11 is 0. The van der Waals surface area contributed by atoms with Gasteiger partial charge in [0.2, 0.25) is 0 Å². The first kappa shape index (κ1) is 18.3. The number of hydrogen-bond donors (Lipinski definition) is 0. The molecular formula is C26H24O3S. The molecule has 152 valence electrons. The predicted molar refractivity (Wildman–Crippen MR) is 116 cm³/mol. The van der Waals surface area contributed by atoms with Crippen LogP contribution in [0.1, 0.15) is 39.7 Å². The van der Waals surface area contributed by atoms with E-state index in [-0.39, 0.29) is 16.9 Å². The minimum Gasteiger partial charge on any atom is -0.266 e. The van der Waals surface area contributed by atoms with E-state index in [0.717, 1.165) is 18.4 Å². The van der Waals surface area contributed by atoms with E-state index in [0.29, 0.717) is 17.8 Å². The summed E-state index contributed by atoms with van der Waals surface area (Å²) in [6.07, 6.45) is 1.75. The lowest BCUT2D eigenvalue weighted by Crippen LogP contribution is -2.40. The Balaban J connectivity index is 1.38. The third-order valence-electron chi connectivity index (χ3n) is 7.45. The van der Waals surface area contributed by atoms with Crippen molar-refractivity contribution in [1.29, 1.82) is 0 Å². The lowest BCUT2D eigenvalue weighted by Gasteiger charge is -2.40. The Morgan fingerprint density at radius 1 is 0.833 bits per heavy atom. The second-order valence-corrected chi connectivity index (χ2v) is 10.8. The highest BCUT2D eigenvalue weighted by Crippen LogP contribution is 2.74. The van der Waals surface area contributed by atoms with Crippen LogP contribution < -0.4 is 0 Å². The first-order chi connectivity index (χ1) is 14.5. The molecular weight excluding hydrogens is 392 g/mol. The van der Waals surface area contributed by atoms with Gasteiger partial charge in [0.05, 0.1) is 11.5 Å². The fraction of sp³-hybridized carbons (Fsp3) is 0.308. The second kappa shape index (κ2) is 6.29.